The Morgan fingerprint density at radius 1 is 1.55 bits per heavy atom. The predicted octanol–water partition coefficient (Wildman–Crippen LogP) is 0.957. The molecule has 2 N–H and O–H groups in total. The van der Waals surface area contributed by atoms with Crippen LogP contribution in [0.1, 0.15) is 6.42 Å². The molecule has 0 aromatic heterocycles. The maximum Gasteiger partial charge on any atom is 0.0740 e. The highest BCUT2D eigenvalue weighted by atomic mass is 32.2. The summed E-state index contributed by atoms with van der Waals surface area (Å²) in [5, 5.41) is 0. The topological polar surface area (TPSA) is 29.3 Å². The molecule has 2 nitrogen and oxygen atoms in total. The number of nitrogens with zero attached hydrogens (tertiary/aromatic N) is 1. The zero-order valence-corrected chi connectivity index (χ0v) is 8.80. The average Bonchev–Trinajstić information content (AvgIpc) is 1.97. The molecule has 0 aromatic rings. The maximum atomic E-state index is 5.37. The molecule has 4 heteroatoms. The molecule has 0 amide bonds. The molecule has 0 aromatic carbocycles. The van der Waals surface area contributed by atoms with Crippen molar-refractivity contribution in [3.05, 3.63) is 0 Å². The number of thioether (sulfide) groups is 1. The lowest BCUT2D eigenvalue weighted by Crippen LogP contribution is -2.25. The zero-order chi connectivity index (χ0) is 8.69. The van der Waals surface area contributed by atoms with Crippen molar-refractivity contribution in [2.45, 2.75) is 6.42 Å². The fourth-order valence-electron chi connectivity index (χ4n) is 0.660. The van der Waals surface area contributed by atoms with E-state index in [4.69, 9.17) is 18.0 Å². The van der Waals surface area contributed by atoms with Crippen LogP contribution >= 0.6 is 24.0 Å². The van der Waals surface area contributed by atoms with E-state index in [1.54, 1.807) is 0 Å². The second-order valence-corrected chi connectivity index (χ2v) is 4.02. The van der Waals surface area contributed by atoms with Gasteiger partial charge in [-0.2, -0.15) is 11.8 Å². The predicted molar refractivity (Wildman–Crippen MR) is 57.3 cm³/mol. The van der Waals surface area contributed by atoms with Crippen molar-refractivity contribution in [2.24, 2.45) is 5.73 Å². The SMILES string of the molecule is CSCCN(C)CCC(N)=S. The monoisotopic (exact) mass is 192 g/mol. The second-order valence-electron chi connectivity index (χ2n) is 2.51. The highest BCUT2D eigenvalue weighted by Gasteiger charge is 1.97. The van der Waals surface area contributed by atoms with Gasteiger partial charge in [-0.1, -0.05) is 12.2 Å². The molecule has 0 rings (SSSR count). The molecule has 0 saturated carbocycles. The van der Waals surface area contributed by atoms with Gasteiger partial charge >= 0.3 is 0 Å². The van der Waals surface area contributed by atoms with Gasteiger partial charge in [0, 0.05) is 25.3 Å². The molecule has 11 heavy (non-hydrogen) atoms. The van der Waals surface area contributed by atoms with Gasteiger partial charge in [0.05, 0.1) is 4.99 Å². The summed E-state index contributed by atoms with van der Waals surface area (Å²) in [6, 6.07) is 0. The highest BCUT2D eigenvalue weighted by Crippen LogP contribution is 1.94. The standard InChI is InChI=1S/C7H16N2S2/c1-9(5-6-11-2)4-3-7(8)10/h3-6H2,1-2H3,(H2,8,10). The van der Waals surface area contributed by atoms with Gasteiger partial charge < -0.3 is 10.6 Å². The van der Waals surface area contributed by atoms with Crippen LogP contribution in [0.15, 0.2) is 0 Å². The molecule has 0 atom stereocenters. The van der Waals surface area contributed by atoms with Crippen LogP contribution in [0.25, 0.3) is 0 Å². The third-order valence-corrected chi connectivity index (χ3v) is 2.21. The normalized spacial score (nSPS) is 10.5. The first kappa shape index (κ1) is 11.2. The van der Waals surface area contributed by atoms with Crippen molar-refractivity contribution >= 4 is 29.0 Å². The van der Waals surface area contributed by atoms with E-state index < -0.39 is 0 Å². The molecule has 0 fully saturated rings. The van der Waals surface area contributed by atoms with Crippen LogP contribution in [0, 0.1) is 0 Å². The minimum Gasteiger partial charge on any atom is -0.393 e. The lowest BCUT2D eigenvalue weighted by atomic mass is 10.4. The van der Waals surface area contributed by atoms with Crippen LogP contribution in [-0.2, 0) is 0 Å². The molecule has 0 saturated heterocycles. The summed E-state index contributed by atoms with van der Waals surface area (Å²) in [6.45, 7) is 2.10. The third kappa shape index (κ3) is 8.10. The zero-order valence-electron chi connectivity index (χ0n) is 7.17. The van der Waals surface area contributed by atoms with E-state index in [2.05, 4.69) is 18.2 Å². The van der Waals surface area contributed by atoms with Crippen molar-refractivity contribution in [2.75, 3.05) is 32.1 Å². The smallest absolute Gasteiger partial charge is 0.0740 e. The molecular formula is C7H16N2S2. The van der Waals surface area contributed by atoms with Gasteiger partial charge in [0.1, 0.15) is 0 Å². The molecule has 66 valence electrons. The van der Waals surface area contributed by atoms with E-state index in [-0.39, 0.29) is 0 Å². The minimum atomic E-state index is 0.612. The Labute approximate surface area is 78.5 Å². The molecule has 0 spiro atoms. The van der Waals surface area contributed by atoms with Crippen molar-refractivity contribution < 1.29 is 0 Å². The molecule has 0 bridgehead atoms. The molecule has 0 aliphatic carbocycles. The third-order valence-electron chi connectivity index (χ3n) is 1.42. The van der Waals surface area contributed by atoms with Crippen molar-refractivity contribution in [3.63, 3.8) is 0 Å². The summed E-state index contributed by atoms with van der Waals surface area (Å²) >= 11 is 6.63. The number of nitrogens with two attached hydrogens (primary N) is 1. The number of hydrogen-bond acceptors (Lipinski definition) is 3. The first-order valence-corrected chi connectivity index (χ1v) is 5.43. The molecule has 0 unspecified atom stereocenters. The summed E-state index contributed by atoms with van der Waals surface area (Å²) in [5.41, 5.74) is 5.37. The first-order valence-electron chi connectivity index (χ1n) is 3.62. The fraction of sp³-hybridized carbons (Fsp3) is 0.857. The summed E-state index contributed by atoms with van der Waals surface area (Å²) < 4.78 is 0. The van der Waals surface area contributed by atoms with Crippen LogP contribution < -0.4 is 5.73 Å². The minimum absolute atomic E-state index is 0.612. The number of thiocarbonyl (C=S) groups is 1. The van der Waals surface area contributed by atoms with E-state index >= 15 is 0 Å². The van der Waals surface area contributed by atoms with Gasteiger partial charge in [0.15, 0.2) is 0 Å². The summed E-state index contributed by atoms with van der Waals surface area (Å²) in [7, 11) is 2.09. The lowest BCUT2D eigenvalue weighted by Gasteiger charge is -2.14. The largest absolute Gasteiger partial charge is 0.393 e. The van der Waals surface area contributed by atoms with E-state index in [1.807, 2.05) is 11.8 Å². The average molecular weight is 192 g/mol. The Morgan fingerprint density at radius 3 is 2.64 bits per heavy atom. The van der Waals surface area contributed by atoms with Crippen molar-refractivity contribution in [3.8, 4) is 0 Å². The van der Waals surface area contributed by atoms with Crippen molar-refractivity contribution in [1.29, 1.82) is 0 Å². The molecule has 0 aliphatic heterocycles. The quantitative estimate of drug-likeness (QED) is 0.635. The molecule has 0 heterocycles. The molecule has 0 aliphatic rings. The highest BCUT2D eigenvalue weighted by molar-refractivity contribution is 7.98. The summed E-state index contributed by atoms with van der Waals surface area (Å²) in [5.74, 6) is 1.17. The van der Waals surface area contributed by atoms with E-state index in [0.717, 1.165) is 19.5 Å². The van der Waals surface area contributed by atoms with E-state index in [9.17, 15) is 0 Å². The van der Waals surface area contributed by atoms with Gasteiger partial charge in [0.25, 0.3) is 0 Å². The lowest BCUT2D eigenvalue weighted by molar-refractivity contribution is 0.367. The van der Waals surface area contributed by atoms with Gasteiger partial charge in [-0.15, -0.1) is 0 Å². The van der Waals surface area contributed by atoms with Crippen molar-refractivity contribution in [1.82, 2.24) is 4.90 Å². The van der Waals surface area contributed by atoms with Crippen LogP contribution in [-0.4, -0.2) is 42.0 Å². The first-order chi connectivity index (χ1) is 5.16. The maximum absolute atomic E-state index is 5.37. The Balaban J connectivity index is 3.22. The Hall–Kier alpha value is 0.200. The fourth-order valence-corrected chi connectivity index (χ4v) is 1.25. The van der Waals surface area contributed by atoms with E-state index in [1.165, 1.54) is 5.75 Å². The van der Waals surface area contributed by atoms with Crippen LogP contribution in [0.3, 0.4) is 0 Å². The number of hydrogen-bond donors (Lipinski definition) is 1. The molecule has 0 radical (unpaired) electrons. The van der Waals surface area contributed by atoms with Crippen LogP contribution in [0.4, 0.5) is 0 Å². The van der Waals surface area contributed by atoms with Gasteiger partial charge in [-0.3, -0.25) is 0 Å². The van der Waals surface area contributed by atoms with Crippen LogP contribution in [0.5, 0.6) is 0 Å². The van der Waals surface area contributed by atoms with Gasteiger partial charge in [-0.05, 0) is 13.3 Å². The summed E-state index contributed by atoms with van der Waals surface area (Å²) in [4.78, 5) is 2.86. The number of rotatable bonds is 6. The second kappa shape index (κ2) is 6.88. The van der Waals surface area contributed by atoms with Gasteiger partial charge in [0.2, 0.25) is 0 Å². The molecular weight excluding hydrogens is 176 g/mol. The summed E-state index contributed by atoms with van der Waals surface area (Å²) in [6.07, 6.45) is 2.95. The van der Waals surface area contributed by atoms with Gasteiger partial charge in [-0.25, -0.2) is 0 Å². The van der Waals surface area contributed by atoms with E-state index in [0.29, 0.717) is 4.99 Å². The Morgan fingerprint density at radius 2 is 2.18 bits per heavy atom. The van der Waals surface area contributed by atoms with Crippen LogP contribution in [0.2, 0.25) is 0 Å². The Kier molecular flexibility index (Phi) is 7.01. The Bertz CT molecular complexity index is 117.